The fourth-order valence-electron chi connectivity index (χ4n) is 1.74. The number of nitrogens with one attached hydrogen (secondary N) is 1. The van der Waals surface area contributed by atoms with E-state index in [1.165, 1.54) is 11.3 Å². The Bertz CT molecular complexity index is 624. The molecule has 5 nitrogen and oxygen atoms in total. The summed E-state index contributed by atoms with van der Waals surface area (Å²) in [5, 5.41) is 14.3. The summed E-state index contributed by atoms with van der Waals surface area (Å²) in [5.74, 6) is 0.481. The van der Waals surface area contributed by atoms with Gasteiger partial charge in [0.15, 0.2) is 6.10 Å². The first kappa shape index (κ1) is 11.0. The molecule has 0 fully saturated rings. The Labute approximate surface area is 107 Å². The number of benzene rings is 1. The largest absolute Gasteiger partial charge is 0.493 e. The lowest BCUT2D eigenvalue weighted by atomic mass is 10.1. The van der Waals surface area contributed by atoms with Gasteiger partial charge in [-0.25, -0.2) is 4.98 Å². The highest BCUT2D eigenvalue weighted by atomic mass is 32.1. The third-order valence-corrected chi connectivity index (χ3v) is 3.53. The van der Waals surface area contributed by atoms with Crippen LogP contribution in [0.4, 0.5) is 5.69 Å². The summed E-state index contributed by atoms with van der Waals surface area (Å²) in [6.07, 6.45) is -0.479. The minimum atomic E-state index is -0.479. The molecule has 0 radical (unpaired) electrons. The second-order valence-corrected chi connectivity index (χ2v) is 4.83. The highest BCUT2D eigenvalue weighted by Gasteiger charge is 2.23. The number of ether oxygens (including phenoxy) is 1. The summed E-state index contributed by atoms with van der Waals surface area (Å²) in [6.45, 7) is 1.70. The number of hydrogen-bond donors (Lipinski definition) is 2. The Balaban J connectivity index is 2.01. The predicted molar refractivity (Wildman–Crippen MR) is 67.9 cm³/mol. The van der Waals surface area contributed by atoms with Crippen LogP contribution in [-0.2, 0) is 4.79 Å². The Kier molecular flexibility index (Phi) is 2.45. The summed E-state index contributed by atoms with van der Waals surface area (Å²) < 4.78 is 5.46. The minimum absolute atomic E-state index is 0.00151. The van der Waals surface area contributed by atoms with E-state index in [2.05, 4.69) is 10.3 Å². The van der Waals surface area contributed by atoms with Gasteiger partial charge in [-0.15, -0.1) is 11.3 Å². The molecule has 2 N–H and O–H groups in total. The molecule has 3 rings (SSSR count). The quantitative estimate of drug-likeness (QED) is 0.826. The van der Waals surface area contributed by atoms with E-state index >= 15 is 0 Å². The van der Waals surface area contributed by atoms with Gasteiger partial charge in [0.25, 0.3) is 5.91 Å². The van der Waals surface area contributed by atoms with E-state index in [4.69, 9.17) is 4.74 Å². The lowest BCUT2D eigenvalue weighted by Crippen LogP contribution is -2.34. The summed E-state index contributed by atoms with van der Waals surface area (Å²) in [7, 11) is 0. The van der Waals surface area contributed by atoms with Gasteiger partial charge >= 0.3 is 0 Å². The summed E-state index contributed by atoms with van der Waals surface area (Å²) >= 11 is 1.34. The molecule has 2 heterocycles. The smallest absolute Gasteiger partial charge is 0.265 e. The molecule has 1 aromatic heterocycles. The number of hydrogen-bond acceptors (Lipinski definition) is 5. The Morgan fingerprint density at radius 1 is 1.50 bits per heavy atom. The second kappa shape index (κ2) is 3.99. The lowest BCUT2D eigenvalue weighted by molar-refractivity contribution is -0.122. The third-order valence-electron chi connectivity index (χ3n) is 2.65. The summed E-state index contributed by atoms with van der Waals surface area (Å²) in [5.41, 5.74) is 1.46. The number of rotatable bonds is 1. The van der Waals surface area contributed by atoms with E-state index < -0.39 is 6.10 Å². The minimum Gasteiger partial charge on any atom is -0.493 e. The number of carbonyl (C=O) groups is 1. The number of aromatic nitrogens is 1. The highest BCUT2D eigenvalue weighted by Crippen LogP contribution is 2.35. The number of fused-ring (bicyclic) bond motifs is 1. The molecule has 0 spiro atoms. The molecule has 0 saturated heterocycles. The van der Waals surface area contributed by atoms with Crippen molar-refractivity contribution in [3.05, 3.63) is 23.6 Å². The van der Waals surface area contributed by atoms with Crippen molar-refractivity contribution in [2.24, 2.45) is 0 Å². The third kappa shape index (κ3) is 1.80. The van der Waals surface area contributed by atoms with Crippen LogP contribution in [0.1, 0.15) is 6.92 Å². The number of amides is 1. The van der Waals surface area contributed by atoms with Gasteiger partial charge in [0.2, 0.25) is 5.88 Å². The maximum atomic E-state index is 11.5. The number of nitrogens with zero attached hydrogens (tertiary/aromatic N) is 1. The first-order valence-corrected chi connectivity index (χ1v) is 6.28. The molecule has 1 aliphatic heterocycles. The molecular weight excluding hydrogens is 252 g/mol. The average molecular weight is 262 g/mol. The summed E-state index contributed by atoms with van der Waals surface area (Å²) in [4.78, 5) is 15.5. The van der Waals surface area contributed by atoms with E-state index in [1.54, 1.807) is 24.4 Å². The molecule has 18 heavy (non-hydrogen) atoms. The van der Waals surface area contributed by atoms with Gasteiger partial charge in [0.05, 0.1) is 11.1 Å². The molecule has 2 aromatic rings. The Morgan fingerprint density at radius 2 is 2.33 bits per heavy atom. The van der Waals surface area contributed by atoms with Crippen molar-refractivity contribution in [3.63, 3.8) is 0 Å². The Hall–Kier alpha value is -2.08. The normalized spacial score (nSPS) is 17.8. The first-order valence-electron chi connectivity index (χ1n) is 5.40. The number of thiazole rings is 1. The van der Waals surface area contributed by atoms with Gasteiger partial charge < -0.3 is 15.2 Å². The number of aromatic hydroxyl groups is 1. The number of anilines is 1. The van der Waals surface area contributed by atoms with Crippen molar-refractivity contribution in [1.29, 1.82) is 0 Å². The van der Waals surface area contributed by atoms with Crippen LogP contribution in [0.25, 0.3) is 10.6 Å². The predicted octanol–water partition coefficient (Wildman–Crippen LogP) is 2.24. The van der Waals surface area contributed by atoms with Crippen LogP contribution in [0.3, 0.4) is 0 Å². The van der Waals surface area contributed by atoms with Crippen LogP contribution < -0.4 is 10.1 Å². The van der Waals surface area contributed by atoms with Gasteiger partial charge in [-0.3, -0.25) is 4.79 Å². The van der Waals surface area contributed by atoms with Crippen LogP contribution in [0.2, 0.25) is 0 Å². The molecule has 92 valence electrons. The molecule has 1 aromatic carbocycles. The first-order chi connectivity index (χ1) is 8.63. The van der Waals surface area contributed by atoms with Gasteiger partial charge in [-0.05, 0) is 25.1 Å². The van der Waals surface area contributed by atoms with E-state index in [1.807, 2.05) is 6.07 Å². The maximum Gasteiger partial charge on any atom is 0.265 e. The van der Waals surface area contributed by atoms with Crippen LogP contribution in [-0.4, -0.2) is 22.1 Å². The zero-order valence-electron chi connectivity index (χ0n) is 9.51. The molecule has 1 aliphatic rings. The van der Waals surface area contributed by atoms with E-state index in [-0.39, 0.29) is 11.8 Å². The topological polar surface area (TPSA) is 71.5 Å². The lowest BCUT2D eigenvalue weighted by Gasteiger charge is -2.23. The van der Waals surface area contributed by atoms with Crippen LogP contribution in [0.5, 0.6) is 11.6 Å². The fourth-order valence-corrected chi connectivity index (χ4v) is 2.42. The average Bonchev–Trinajstić information content (AvgIpc) is 2.77. The zero-order chi connectivity index (χ0) is 12.7. The van der Waals surface area contributed by atoms with Gasteiger partial charge in [-0.2, -0.15) is 0 Å². The Morgan fingerprint density at radius 3 is 3.06 bits per heavy atom. The fraction of sp³-hybridized carbons (Fsp3) is 0.167. The van der Waals surface area contributed by atoms with Crippen molar-refractivity contribution < 1.29 is 14.6 Å². The molecule has 1 unspecified atom stereocenters. The summed E-state index contributed by atoms with van der Waals surface area (Å²) in [6, 6.07) is 5.43. The molecule has 6 heteroatoms. The van der Waals surface area contributed by atoms with E-state index in [0.717, 1.165) is 5.56 Å². The molecular formula is C12H10N2O3S. The van der Waals surface area contributed by atoms with Crippen molar-refractivity contribution >= 4 is 22.9 Å². The highest BCUT2D eigenvalue weighted by molar-refractivity contribution is 7.13. The molecule has 0 bridgehead atoms. The maximum absolute atomic E-state index is 11.5. The van der Waals surface area contributed by atoms with Crippen LogP contribution >= 0.6 is 11.3 Å². The van der Waals surface area contributed by atoms with Crippen molar-refractivity contribution in [1.82, 2.24) is 4.98 Å². The molecule has 0 aliphatic carbocycles. The van der Waals surface area contributed by atoms with Crippen molar-refractivity contribution in [3.8, 4) is 22.2 Å². The zero-order valence-corrected chi connectivity index (χ0v) is 10.3. The number of carbonyl (C=O) groups excluding carboxylic acids is 1. The van der Waals surface area contributed by atoms with Crippen LogP contribution in [0, 0.1) is 0 Å². The van der Waals surface area contributed by atoms with Gasteiger partial charge in [-0.1, -0.05) is 0 Å². The second-order valence-electron chi connectivity index (χ2n) is 3.97. The van der Waals surface area contributed by atoms with Crippen LogP contribution in [0.15, 0.2) is 23.6 Å². The van der Waals surface area contributed by atoms with Gasteiger partial charge in [0, 0.05) is 5.56 Å². The molecule has 1 amide bonds. The molecule has 1 atom stereocenters. The monoisotopic (exact) mass is 262 g/mol. The van der Waals surface area contributed by atoms with E-state index in [9.17, 15) is 9.90 Å². The SMILES string of the molecule is CC1Oc2ccc(-c3nc(O)cs3)cc2NC1=O. The molecule has 0 saturated carbocycles. The standard InChI is InChI=1S/C12H10N2O3S/c1-6-11(16)13-8-4-7(2-3-9(8)17-6)12-14-10(15)5-18-12/h2-6,15H,1H3,(H,13,16). The van der Waals surface area contributed by atoms with Crippen molar-refractivity contribution in [2.75, 3.05) is 5.32 Å². The van der Waals surface area contributed by atoms with Crippen molar-refractivity contribution in [2.45, 2.75) is 13.0 Å². The van der Waals surface area contributed by atoms with Gasteiger partial charge in [0.1, 0.15) is 10.8 Å². The van der Waals surface area contributed by atoms with E-state index in [0.29, 0.717) is 16.4 Å².